The topological polar surface area (TPSA) is 110 Å². The zero-order valence-corrected chi connectivity index (χ0v) is 17.1. The van der Waals surface area contributed by atoms with Gasteiger partial charge in [0, 0.05) is 22.3 Å². The number of thiazole rings is 1. The Hall–Kier alpha value is -2.95. The first-order valence-corrected chi connectivity index (χ1v) is 11.1. The van der Waals surface area contributed by atoms with E-state index in [-0.39, 0.29) is 10.9 Å². The summed E-state index contributed by atoms with van der Waals surface area (Å²) in [6, 6.07) is 13.8. The lowest BCUT2D eigenvalue weighted by atomic mass is 10.1. The van der Waals surface area contributed by atoms with E-state index in [2.05, 4.69) is 25.2 Å². The molecule has 0 aliphatic carbocycles. The number of hydrogen-bond acceptors (Lipinski definition) is 8. The summed E-state index contributed by atoms with van der Waals surface area (Å²) in [5.41, 5.74) is 1.60. The third kappa shape index (κ3) is 4.91. The smallest absolute Gasteiger partial charge is 0.320 e. The summed E-state index contributed by atoms with van der Waals surface area (Å²) in [7, 11) is -3.70. The zero-order valence-electron chi connectivity index (χ0n) is 14.7. The van der Waals surface area contributed by atoms with Crippen LogP contribution in [0.1, 0.15) is 11.5 Å². The molecule has 0 bridgehead atoms. The lowest BCUT2D eigenvalue weighted by Gasteiger charge is -2.06. The Morgan fingerprint density at radius 3 is 2.48 bits per heavy atom. The van der Waals surface area contributed by atoms with Crippen molar-refractivity contribution in [2.45, 2.75) is 11.3 Å². The van der Waals surface area contributed by atoms with E-state index in [9.17, 15) is 8.42 Å². The maximum atomic E-state index is 12.4. The van der Waals surface area contributed by atoms with Gasteiger partial charge in [-0.2, -0.15) is 0 Å². The molecule has 0 unspecified atom stereocenters. The van der Waals surface area contributed by atoms with Gasteiger partial charge in [-0.25, -0.2) is 13.4 Å². The molecule has 148 valence electrons. The molecular weight excluding hydrogens is 434 g/mol. The Bertz CT molecular complexity index is 1190. The van der Waals surface area contributed by atoms with E-state index in [1.54, 1.807) is 29.6 Å². The van der Waals surface area contributed by atoms with Crippen LogP contribution in [0.25, 0.3) is 0 Å². The van der Waals surface area contributed by atoms with Crippen LogP contribution in [-0.2, 0) is 16.4 Å². The SMILES string of the molecule is O=S(=O)(Nc1nccs1)c1ccc(Nc2nnc(Cc3ccc(Cl)cc3)o2)cc1. The second kappa shape index (κ2) is 8.19. The molecule has 11 heteroatoms. The van der Waals surface area contributed by atoms with Crippen LogP contribution >= 0.6 is 22.9 Å². The van der Waals surface area contributed by atoms with Crippen LogP contribution in [-0.4, -0.2) is 23.6 Å². The maximum Gasteiger partial charge on any atom is 0.320 e. The first-order chi connectivity index (χ1) is 14.0. The van der Waals surface area contributed by atoms with Gasteiger partial charge in [-0.15, -0.1) is 16.4 Å². The van der Waals surface area contributed by atoms with Crippen LogP contribution < -0.4 is 10.0 Å². The minimum absolute atomic E-state index is 0.118. The van der Waals surface area contributed by atoms with Crippen LogP contribution in [0.2, 0.25) is 5.02 Å². The molecule has 0 aliphatic heterocycles. The molecule has 4 aromatic rings. The average molecular weight is 448 g/mol. The van der Waals surface area contributed by atoms with E-state index in [1.807, 2.05) is 12.1 Å². The molecule has 2 aromatic heterocycles. The van der Waals surface area contributed by atoms with Crippen molar-refractivity contribution in [3.05, 3.63) is 76.6 Å². The molecule has 0 amide bonds. The summed E-state index contributed by atoms with van der Waals surface area (Å²) < 4.78 is 32.7. The first-order valence-electron chi connectivity index (χ1n) is 8.34. The number of benzene rings is 2. The molecule has 4 rings (SSSR count). The summed E-state index contributed by atoms with van der Waals surface area (Å²) in [6.07, 6.45) is 2.01. The molecule has 2 aromatic carbocycles. The van der Waals surface area contributed by atoms with Crippen molar-refractivity contribution in [1.29, 1.82) is 0 Å². The van der Waals surface area contributed by atoms with Gasteiger partial charge in [0.1, 0.15) is 0 Å². The van der Waals surface area contributed by atoms with E-state index < -0.39 is 10.0 Å². The summed E-state index contributed by atoms with van der Waals surface area (Å²) in [5.74, 6) is 0.446. The fraction of sp³-hybridized carbons (Fsp3) is 0.0556. The van der Waals surface area contributed by atoms with Crippen molar-refractivity contribution in [2.24, 2.45) is 0 Å². The van der Waals surface area contributed by atoms with Gasteiger partial charge in [-0.1, -0.05) is 28.8 Å². The zero-order chi connectivity index (χ0) is 20.3. The number of nitrogens with zero attached hydrogens (tertiary/aromatic N) is 3. The van der Waals surface area contributed by atoms with Crippen LogP contribution in [0.5, 0.6) is 0 Å². The van der Waals surface area contributed by atoms with Gasteiger partial charge in [0.2, 0.25) is 5.89 Å². The van der Waals surface area contributed by atoms with Crippen molar-refractivity contribution < 1.29 is 12.8 Å². The molecule has 0 aliphatic rings. The quantitative estimate of drug-likeness (QED) is 0.434. The minimum atomic E-state index is -3.70. The number of nitrogens with one attached hydrogen (secondary N) is 2. The van der Waals surface area contributed by atoms with Gasteiger partial charge in [-0.05, 0) is 42.0 Å². The third-order valence-electron chi connectivity index (χ3n) is 3.81. The highest BCUT2D eigenvalue weighted by molar-refractivity contribution is 7.93. The van der Waals surface area contributed by atoms with Crippen molar-refractivity contribution in [3.63, 3.8) is 0 Å². The van der Waals surface area contributed by atoms with E-state index in [0.717, 1.165) is 5.56 Å². The molecule has 29 heavy (non-hydrogen) atoms. The molecule has 0 saturated heterocycles. The number of aromatic nitrogens is 3. The predicted molar refractivity (Wildman–Crippen MR) is 111 cm³/mol. The molecular formula is C18H14ClN5O3S2. The van der Waals surface area contributed by atoms with Gasteiger partial charge in [-0.3, -0.25) is 4.72 Å². The Labute approximate surface area is 175 Å². The van der Waals surface area contributed by atoms with Crippen LogP contribution in [0, 0.1) is 0 Å². The van der Waals surface area contributed by atoms with Gasteiger partial charge < -0.3 is 9.73 Å². The second-order valence-electron chi connectivity index (χ2n) is 5.90. The lowest BCUT2D eigenvalue weighted by Crippen LogP contribution is -2.12. The monoisotopic (exact) mass is 447 g/mol. The Balaban J connectivity index is 1.41. The molecule has 0 saturated carbocycles. The number of sulfonamides is 1. The third-order valence-corrected chi connectivity index (χ3v) is 6.23. The van der Waals surface area contributed by atoms with Crippen molar-refractivity contribution in [3.8, 4) is 0 Å². The Morgan fingerprint density at radius 2 is 1.79 bits per heavy atom. The summed E-state index contributed by atoms with van der Waals surface area (Å²) >= 11 is 7.08. The van der Waals surface area contributed by atoms with Gasteiger partial charge in [0.15, 0.2) is 5.13 Å². The standard InChI is InChI=1S/C18H14ClN5O3S2/c19-13-3-1-12(2-4-13)11-16-22-23-17(27-16)21-14-5-7-15(8-6-14)29(25,26)24-18-20-9-10-28-18/h1-10H,11H2,(H,20,24)(H,21,23). The fourth-order valence-corrected chi connectivity index (χ4v) is 4.36. The lowest BCUT2D eigenvalue weighted by molar-refractivity contribution is 0.521. The van der Waals surface area contributed by atoms with Gasteiger partial charge in [0.25, 0.3) is 10.0 Å². The van der Waals surface area contributed by atoms with Crippen molar-refractivity contribution in [1.82, 2.24) is 15.2 Å². The number of anilines is 3. The summed E-state index contributed by atoms with van der Waals surface area (Å²) in [5, 5.41) is 13.6. The normalized spacial score (nSPS) is 11.3. The highest BCUT2D eigenvalue weighted by Gasteiger charge is 2.15. The van der Waals surface area contributed by atoms with Crippen LogP contribution in [0.15, 0.2) is 69.4 Å². The molecule has 0 spiro atoms. The van der Waals surface area contributed by atoms with E-state index in [0.29, 0.717) is 28.2 Å². The molecule has 8 nitrogen and oxygen atoms in total. The maximum absolute atomic E-state index is 12.4. The van der Waals surface area contributed by atoms with E-state index in [1.165, 1.54) is 29.7 Å². The minimum Gasteiger partial charge on any atom is -0.408 e. The first kappa shape index (κ1) is 19.4. The summed E-state index contributed by atoms with van der Waals surface area (Å²) in [4.78, 5) is 4.04. The van der Waals surface area contributed by atoms with Crippen molar-refractivity contribution in [2.75, 3.05) is 10.0 Å². The highest BCUT2D eigenvalue weighted by atomic mass is 35.5. The molecule has 0 atom stereocenters. The highest BCUT2D eigenvalue weighted by Crippen LogP contribution is 2.22. The van der Waals surface area contributed by atoms with Gasteiger partial charge >= 0.3 is 6.01 Å². The molecule has 2 heterocycles. The number of rotatable bonds is 7. The predicted octanol–water partition coefficient (Wildman–Crippen LogP) is 4.31. The van der Waals surface area contributed by atoms with Crippen LogP contribution in [0.3, 0.4) is 0 Å². The molecule has 0 fully saturated rings. The van der Waals surface area contributed by atoms with E-state index in [4.69, 9.17) is 16.0 Å². The summed E-state index contributed by atoms with van der Waals surface area (Å²) in [6.45, 7) is 0. The van der Waals surface area contributed by atoms with Crippen LogP contribution in [0.4, 0.5) is 16.8 Å². The Kier molecular flexibility index (Phi) is 5.47. The largest absolute Gasteiger partial charge is 0.408 e. The Morgan fingerprint density at radius 1 is 1.03 bits per heavy atom. The van der Waals surface area contributed by atoms with E-state index >= 15 is 0 Å². The van der Waals surface area contributed by atoms with Crippen molar-refractivity contribution >= 4 is 49.8 Å². The van der Waals surface area contributed by atoms with Gasteiger partial charge in [0.05, 0.1) is 11.3 Å². The molecule has 0 radical (unpaired) electrons. The number of hydrogen-bond donors (Lipinski definition) is 2. The molecule has 2 N–H and O–H groups in total. The number of halogens is 1. The average Bonchev–Trinajstić information content (AvgIpc) is 3.36. The fourth-order valence-electron chi connectivity index (χ4n) is 2.44. The second-order valence-corrected chi connectivity index (χ2v) is 8.91.